The first kappa shape index (κ1) is 13.6. The monoisotopic (exact) mass is 268 g/mol. The average molecular weight is 268 g/mol. The Morgan fingerprint density at radius 3 is 1.53 bits per heavy atom. The zero-order valence-corrected chi connectivity index (χ0v) is 10.2. The minimum Gasteiger partial charge on any atom is -0.194 e. The van der Waals surface area contributed by atoms with Gasteiger partial charge in [-0.25, -0.2) is 0 Å². The molecule has 19 heavy (non-hydrogen) atoms. The Labute approximate surface area is 108 Å². The maximum atomic E-state index is 14.0. The average Bonchev–Trinajstić information content (AvgIpc) is 2.40. The van der Waals surface area contributed by atoms with Gasteiger partial charge in [0.15, 0.2) is 0 Å². The lowest BCUT2D eigenvalue weighted by Crippen LogP contribution is -2.35. The van der Waals surface area contributed by atoms with Crippen LogP contribution >= 0.6 is 0 Å². The molecule has 0 atom stereocenters. The van der Waals surface area contributed by atoms with Gasteiger partial charge in [-0.1, -0.05) is 60.2 Å². The highest BCUT2D eigenvalue weighted by molar-refractivity contribution is 5.31. The molecule has 0 aliphatic rings. The molecule has 0 saturated heterocycles. The van der Waals surface area contributed by atoms with Gasteiger partial charge in [-0.3, -0.25) is 0 Å². The van der Waals surface area contributed by atoms with Crippen molar-refractivity contribution >= 4 is 0 Å². The summed E-state index contributed by atoms with van der Waals surface area (Å²) in [5.41, 5.74) is -0.643. The Kier molecular flexibility index (Phi) is 3.35. The van der Waals surface area contributed by atoms with Gasteiger partial charge in [-0.05, 0) is 6.92 Å². The summed E-state index contributed by atoms with van der Waals surface area (Å²) in [4.78, 5) is 0. The molecule has 0 heterocycles. The molecular formula is C15H12F4. The van der Waals surface area contributed by atoms with Gasteiger partial charge in [0.2, 0.25) is 0 Å². The van der Waals surface area contributed by atoms with E-state index in [1.807, 2.05) is 0 Å². The summed E-state index contributed by atoms with van der Waals surface area (Å²) in [7, 11) is 0. The highest BCUT2D eigenvalue weighted by Gasteiger charge is 2.58. The van der Waals surface area contributed by atoms with Gasteiger partial charge in [-0.2, -0.15) is 17.6 Å². The van der Waals surface area contributed by atoms with Crippen molar-refractivity contribution in [1.82, 2.24) is 0 Å². The van der Waals surface area contributed by atoms with E-state index in [9.17, 15) is 17.6 Å². The molecule has 0 N–H and O–H groups in total. The standard InChI is InChI=1S/C15H12F4/c1-11-7-9-13(10-8-11)15(18,19)14(16,17)12-5-3-2-4-6-12/h2-10H,1H3. The third-order valence-electron chi connectivity index (χ3n) is 2.94. The number of benzene rings is 2. The van der Waals surface area contributed by atoms with Crippen LogP contribution in [-0.4, -0.2) is 0 Å². The number of hydrogen-bond donors (Lipinski definition) is 0. The predicted molar refractivity (Wildman–Crippen MR) is 65.4 cm³/mol. The van der Waals surface area contributed by atoms with E-state index in [-0.39, 0.29) is 0 Å². The van der Waals surface area contributed by atoms with Gasteiger partial charge in [0.1, 0.15) is 0 Å². The van der Waals surface area contributed by atoms with Crippen molar-refractivity contribution < 1.29 is 17.6 Å². The first-order chi connectivity index (χ1) is 8.85. The van der Waals surface area contributed by atoms with E-state index in [2.05, 4.69) is 0 Å². The Morgan fingerprint density at radius 1 is 0.632 bits per heavy atom. The van der Waals surface area contributed by atoms with Gasteiger partial charge in [0.25, 0.3) is 0 Å². The summed E-state index contributed by atoms with van der Waals surface area (Å²) in [5, 5.41) is 0. The Balaban J connectivity index is 2.46. The van der Waals surface area contributed by atoms with Crippen molar-refractivity contribution in [1.29, 1.82) is 0 Å². The highest BCUT2D eigenvalue weighted by atomic mass is 19.3. The molecule has 0 fully saturated rings. The summed E-state index contributed by atoms with van der Waals surface area (Å²) in [6.45, 7) is 1.71. The molecule has 0 spiro atoms. The van der Waals surface area contributed by atoms with E-state index in [1.54, 1.807) is 6.92 Å². The summed E-state index contributed by atoms with van der Waals surface area (Å²) in [5.74, 6) is -8.49. The van der Waals surface area contributed by atoms with Crippen LogP contribution in [-0.2, 0) is 11.8 Å². The van der Waals surface area contributed by atoms with Gasteiger partial charge >= 0.3 is 11.8 Å². The van der Waals surface area contributed by atoms with Crippen LogP contribution in [0.4, 0.5) is 17.6 Å². The fourth-order valence-electron chi connectivity index (χ4n) is 1.77. The van der Waals surface area contributed by atoms with Crippen molar-refractivity contribution in [2.45, 2.75) is 18.8 Å². The van der Waals surface area contributed by atoms with Crippen LogP contribution in [0.25, 0.3) is 0 Å². The summed E-state index contributed by atoms with van der Waals surface area (Å²) in [6, 6.07) is 11.0. The van der Waals surface area contributed by atoms with Crippen molar-refractivity contribution in [3.05, 3.63) is 71.3 Å². The lowest BCUT2D eigenvalue weighted by atomic mass is 9.95. The summed E-state index contributed by atoms with van der Waals surface area (Å²) < 4.78 is 55.9. The molecule has 2 rings (SSSR count). The molecule has 4 heteroatoms. The second-order valence-corrected chi connectivity index (χ2v) is 4.38. The van der Waals surface area contributed by atoms with Crippen molar-refractivity contribution in [2.24, 2.45) is 0 Å². The van der Waals surface area contributed by atoms with E-state index in [1.165, 1.54) is 30.3 Å². The first-order valence-electron chi connectivity index (χ1n) is 5.74. The number of rotatable bonds is 3. The molecule has 0 nitrogen and oxygen atoms in total. The predicted octanol–water partition coefficient (Wildman–Crippen LogP) is 4.88. The van der Waals surface area contributed by atoms with Crippen LogP contribution in [0, 0.1) is 6.92 Å². The second kappa shape index (κ2) is 4.68. The van der Waals surface area contributed by atoms with E-state index in [0.717, 1.165) is 29.8 Å². The molecule has 2 aromatic carbocycles. The Hall–Kier alpha value is -1.84. The minimum atomic E-state index is -4.25. The SMILES string of the molecule is Cc1ccc(C(F)(F)C(F)(F)c2ccccc2)cc1. The minimum absolute atomic E-state index is 0.688. The van der Waals surface area contributed by atoms with Crippen LogP contribution in [0.1, 0.15) is 16.7 Å². The van der Waals surface area contributed by atoms with Gasteiger partial charge < -0.3 is 0 Å². The number of aryl methyl sites for hydroxylation is 1. The molecule has 0 aliphatic carbocycles. The lowest BCUT2D eigenvalue weighted by Gasteiger charge is -2.27. The molecular weight excluding hydrogens is 256 g/mol. The van der Waals surface area contributed by atoms with Crippen molar-refractivity contribution in [3.8, 4) is 0 Å². The van der Waals surface area contributed by atoms with Crippen molar-refractivity contribution in [3.63, 3.8) is 0 Å². The zero-order chi connectivity index (χ0) is 14.1. The van der Waals surface area contributed by atoms with Gasteiger partial charge in [0, 0.05) is 11.1 Å². The summed E-state index contributed by atoms with van der Waals surface area (Å²) in [6.07, 6.45) is 0. The van der Waals surface area contributed by atoms with Gasteiger partial charge in [-0.15, -0.1) is 0 Å². The van der Waals surface area contributed by atoms with Crippen molar-refractivity contribution in [2.75, 3.05) is 0 Å². The maximum absolute atomic E-state index is 14.0. The van der Waals surface area contributed by atoms with Crippen LogP contribution in [0.2, 0.25) is 0 Å². The normalized spacial score (nSPS) is 12.5. The first-order valence-corrected chi connectivity index (χ1v) is 5.74. The van der Waals surface area contributed by atoms with Crippen LogP contribution in [0.5, 0.6) is 0 Å². The second-order valence-electron chi connectivity index (χ2n) is 4.38. The zero-order valence-electron chi connectivity index (χ0n) is 10.2. The van der Waals surface area contributed by atoms with E-state index >= 15 is 0 Å². The smallest absolute Gasteiger partial charge is 0.194 e. The quantitative estimate of drug-likeness (QED) is 0.696. The largest absolute Gasteiger partial charge is 0.339 e. The fourth-order valence-corrected chi connectivity index (χ4v) is 1.77. The van der Waals surface area contributed by atoms with Crippen LogP contribution in [0.3, 0.4) is 0 Å². The van der Waals surface area contributed by atoms with Crippen LogP contribution in [0.15, 0.2) is 54.6 Å². The molecule has 0 radical (unpaired) electrons. The molecule has 0 unspecified atom stereocenters. The number of halogens is 4. The third-order valence-corrected chi connectivity index (χ3v) is 2.94. The highest BCUT2D eigenvalue weighted by Crippen LogP contribution is 2.49. The van der Waals surface area contributed by atoms with E-state index in [4.69, 9.17) is 0 Å². The lowest BCUT2D eigenvalue weighted by molar-refractivity contribution is -0.223. The summed E-state index contributed by atoms with van der Waals surface area (Å²) >= 11 is 0. The van der Waals surface area contributed by atoms with E-state index < -0.39 is 23.0 Å². The Bertz CT molecular complexity index is 544. The number of alkyl halides is 4. The molecule has 2 aromatic rings. The maximum Gasteiger partial charge on any atom is 0.339 e. The molecule has 0 saturated carbocycles. The van der Waals surface area contributed by atoms with Gasteiger partial charge in [0.05, 0.1) is 0 Å². The molecule has 0 amide bonds. The number of hydrogen-bond acceptors (Lipinski definition) is 0. The Morgan fingerprint density at radius 2 is 1.05 bits per heavy atom. The van der Waals surface area contributed by atoms with Crippen LogP contribution < -0.4 is 0 Å². The molecule has 0 aliphatic heterocycles. The fraction of sp³-hybridized carbons (Fsp3) is 0.200. The molecule has 0 bridgehead atoms. The molecule has 100 valence electrons. The molecule has 0 aromatic heterocycles. The third kappa shape index (κ3) is 2.35. The van der Waals surface area contributed by atoms with E-state index in [0.29, 0.717) is 0 Å². The topological polar surface area (TPSA) is 0 Å².